The Kier molecular flexibility index (Phi) is 4.09. The van der Waals surface area contributed by atoms with E-state index in [0.717, 1.165) is 5.56 Å². The Morgan fingerprint density at radius 1 is 1.37 bits per heavy atom. The topological polar surface area (TPSA) is 68.7 Å². The number of pyridine rings is 1. The fourth-order valence-electron chi connectivity index (χ4n) is 2.00. The van der Waals surface area contributed by atoms with Crippen LogP contribution in [0.4, 0.5) is 0 Å². The van der Waals surface area contributed by atoms with E-state index in [1.54, 1.807) is 26.4 Å². The molecule has 0 radical (unpaired) electrons. The van der Waals surface area contributed by atoms with E-state index >= 15 is 0 Å². The first kappa shape index (κ1) is 13.5. The lowest BCUT2D eigenvalue weighted by Crippen LogP contribution is -2.09. The molecular weight excluding hydrogens is 246 g/mol. The zero-order valence-corrected chi connectivity index (χ0v) is 10.8. The maximum atomic E-state index is 11.2. The van der Waals surface area contributed by atoms with Gasteiger partial charge in [0.15, 0.2) is 0 Å². The molecule has 1 atom stereocenters. The number of rotatable bonds is 5. The summed E-state index contributed by atoms with van der Waals surface area (Å²) in [5.41, 5.74) is 1.75. The lowest BCUT2D eigenvalue weighted by molar-refractivity contribution is 0.0275. The molecule has 0 aliphatic carbocycles. The fraction of sp³-hybridized carbons (Fsp3) is 0.286. The van der Waals surface area contributed by atoms with E-state index in [2.05, 4.69) is 4.98 Å². The quantitative estimate of drug-likeness (QED) is 0.894. The molecule has 0 saturated heterocycles. The second kappa shape index (κ2) is 5.77. The summed E-state index contributed by atoms with van der Waals surface area (Å²) < 4.78 is 10.4. The van der Waals surface area contributed by atoms with Crippen molar-refractivity contribution in [3.8, 4) is 0 Å². The summed E-state index contributed by atoms with van der Waals surface area (Å²) in [4.78, 5) is 15.4. The first-order valence-corrected chi connectivity index (χ1v) is 5.81. The number of ether oxygens (including phenoxy) is 2. The normalized spacial score (nSPS) is 12.5. The molecule has 1 heterocycles. The van der Waals surface area contributed by atoms with Gasteiger partial charge in [0.25, 0.3) is 0 Å². The monoisotopic (exact) mass is 261 g/mol. The molecular formula is C14H15NO4. The zero-order chi connectivity index (χ0) is 13.8. The van der Waals surface area contributed by atoms with Crippen LogP contribution in [0.2, 0.25) is 0 Å². The summed E-state index contributed by atoms with van der Waals surface area (Å²) in [5.74, 6) is -0.967. The highest BCUT2D eigenvalue weighted by Gasteiger charge is 2.14. The molecule has 0 unspecified atom stereocenters. The van der Waals surface area contributed by atoms with E-state index < -0.39 is 5.97 Å². The van der Waals surface area contributed by atoms with Crippen LogP contribution in [0, 0.1) is 0 Å². The van der Waals surface area contributed by atoms with E-state index in [1.807, 2.05) is 6.07 Å². The number of aromatic carboxylic acids is 1. The predicted molar refractivity (Wildman–Crippen MR) is 70.3 cm³/mol. The molecule has 100 valence electrons. The molecule has 2 rings (SSSR count). The number of carboxylic acid groups (broad SMARTS) is 1. The lowest BCUT2D eigenvalue weighted by atomic mass is 10.0. The summed E-state index contributed by atoms with van der Waals surface area (Å²) >= 11 is 0. The number of fused-ring (bicyclic) bond motifs is 1. The van der Waals surface area contributed by atoms with Gasteiger partial charge in [-0.3, -0.25) is 4.98 Å². The van der Waals surface area contributed by atoms with E-state index in [1.165, 1.54) is 12.3 Å². The van der Waals surface area contributed by atoms with Crippen LogP contribution in [0.15, 0.2) is 30.5 Å². The Morgan fingerprint density at radius 3 is 2.79 bits per heavy atom. The molecule has 0 spiro atoms. The molecule has 0 aliphatic heterocycles. The molecule has 1 N–H and O–H groups in total. The minimum atomic E-state index is -0.967. The summed E-state index contributed by atoms with van der Waals surface area (Å²) in [5, 5.41) is 9.79. The maximum Gasteiger partial charge on any atom is 0.336 e. The number of hydrogen-bond acceptors (Lipinski definition) is 4. The van der Waals surface area contributed by atoms with Crippen molar-refractivity contribution in [2.75, 3.05) is 20.8 Å². The van der Waals surface area contributed by atoms with Crippen molar-refractivity contribution in [2.24, 2.45) is 0 Å². The smallest absolute Gasteiger partial charge is 0.336 e. The Labute approximate surface area is 110 Å². The van der Waals surface area contributed by atoms with E-state index in [9.17, 15) is 9.90 Å². The van der Waals surface area contributed by atoms with E-state index in [-0.39, 0.29) is 11.7 Å². The van der Waals surface area contributed by atoms with Gasteiger partial charge < -0.3 is 14.6 Å². The molecule has 5 heteroatoms. The largest absolute Gasteiger partial charge is 0.478 e. The van der Waals surface area contributed by atoms with Crippen LogP contribution in [0.25, 0.3) is 10.9 Å². The number of aromatic nitrogens is 1. The first-order chi connectivity index (χ1) is 9.17. The summed E-state index contributed by atoms with van der Waals surface area (Å²) in [7, 11) is 3.19. The Hall–Kier alpha value is -1.98. The molecule has 1 aromatic carbocycles. The van der Waals surface area contributed by atoms with Gasteiger partial charge in [-0.25, -0.2) is 4.79 Å². The third kappa shape index (κ3) is 2.72. The summed E-state index contributed by atoms with van der Waals surface area (Å²) in [6, 6.07) is 6.94. The van der Waals surface area contributed by atoms with Crippen molar-refractivity contribution in [1.29, 1.82) is 0 Å². The summed E-state index contributed by atoms with van der Waals surface area (Å²) in [6.45, 7) is 0.407. The van der Waals surface area contributed by atoms with Gasteiger partial charge in [0.05, 0.1) is 17.7 Å². The molecule has 0 aliphatic rings. The summed E-state index contributed by atoms with van der Waals surface area (Å²) in [6.07, 6.45) is 1.27. The highest BCUT2D eigenvalue weighted by molar-refractivity contribution is 6.02. The second-order valence-electron chi connectivity index (χ2n) is 4.12. The standard InChI is InChI=1S/C14H15NO4/c1-18-8-13(19-2)9-3-4-12-11(7-9)10(14(16)17)5-6-15-12/h3-7,13H,8H2,1-2H3,(H,16,17)/t13-/m0/s1. The van der Waals surface area contributed by atoms with Crippen molar-refractivity contribution >= 4 is 16.9 Å². The Balaban J connectivity index is 2.54. The van der Waals surface area contributed by atoms with Gasteiger partial charge in [-0.05, 0) is 23.8 Å². The van der Waals surface area contributed by atoms with E-state index in [4.69, 9.17) is 9.47 Å². The lowest BCUT2D eigenvalue weighted by Gasteiger charge is -2.15. The van der Waals surface area contributed by atoms with Crippen molar-refractivity contribution in [3.63, 3.8) is 0 Å². The van der Waals surface area contributed by atoms with Crippen LogP contribution in [0.3, 0.4) is 0 Å². The average Bonchev–Trinajstić information content (AvgIpc) is 2.43. The molecule has 0 fully saturated rings. The maximum absolute atomic E-state index is 11.2. The van der Waals surface area contributed by atoms with E-state index in [0.29, 0.717) is 17.5 Å². The fourth-order valence-corrected chi connectivity index (χ4v) is 2.00. The van der Waals surface area contributed by atoms with Crippen LogP contribution < -0.4 is 0 Å². The molecule has 0 bridgehead atoms. The highest BCUT2D eigenvalue weighted by atomic mass is 16.5. The number of nitrogens with zero attached hydrogens (tertiary/aromatic N) is 1. The van der Waals surface area contributed by atoms with Gasteiger partial charge in [0.1, 0.15) is 6.10 Å². The van der Waals surface area contributed by atoms with Crippen molar-refractivity contribution in [1.82, 2.24) is 4.98 Å². The Morgan fingerprint density at radius 2 is 2.16 bits per heavy atom. The van der Waals surface area contributed by atoms with Gasteiger partial charge in [0, 0.05) is 25.8 Å². The van der Waals surface area contributed by atoms with Crippen LogP contribution in [-0.2, 0) is 9.47 Å². The third-order valence-electron chi connectivity index (χ3n) is 2.97. The third-order valence-corrected chi connectivity index (χ3v) is 2.97. The number of methoxy groups -OCH3 is 2. The predicted octanol–water partition coefficient (Wildman–Crippen LogP) is 2.27. The van der Waals surface area contributed by atoms with Gasteiger partial charge in [0.2, 0.25) is 0 Å². The highest BCUT2D eigenvalue weighted by Crippen LogP contribution is 2.24. The number of benzene rings is 1. The van der Waals surface area contributed by atoms with Crippen LogP contribution in [0.5, 0.6) is 0 Å². The number of carboxylic acids is 1. The van der Waals surface area contributed by atoms with Crippen molar-refractivity contribution in [2.45, 2.75) is 6.10 Å². The molecule has 0 saturated carbocycles. The number of hydrogen-bond donors (Lipinski definition) is 1. The van der Waals surface area contributed by atoms with Crippen LogP contribution in [-0.4, -0.2) is 36.9 Å². The molecule has 5 nitrogen and oxygen atoms in total. The molecule has 2 aromatic rings. The first-order valence-electron chi connectivity index (χ1n) is 5.81. The number of carbonyl (C=O) groups is 1. The van der Waals surface area contributed by atoms with Crippen molar-refractivity contribution < 1.29 is 19.4 Å². The van der Waals surface area contributed by atoms with Gasteiger partial charge in [-0.2, -0.15) is 0 Å². The van der Waals surface area contributed by atoms with Gasteiger partial charge in [-0.1, -0.05) is 6.07 Å². The van der Waals surface area contributed by atoms with Crippen molar-refractivity contribution in [3.05, 3.63) is 41.6 Å². The van der Waals surface area contributed by atoms with Gasteiger partial charge in [-0.15, -0.1) is 0 Å². The van der Waals surface area contributed by atoms with Crippen LogP contribution in [0.1, 0.15) is 22.0 Å². The molecule has 19 heavy (non-hydrogen) atoms. The molecule has 1 aromatic heterocycles. The average molecular weight is 261 g/mol. The zero-order valence-electron chi connectivity index (χ0n) is 10.8. The minimum absolute atomic E-state index is 0.226. The SMILES string of the molecule is COC[C@H](OC)c1ccc2nccc(C(=O)O)c2c1. The molecule has 0 amide bonds. The van der Waals surface area contributed by atoms with Crippen LogP contribution >= 0.6 is 0 Å². The Bertz CT molecular complexity index is 597. The second-order valence-corrected chi connectivity index (χ2v) is 4.12. The van der Waals surface area contributed by atoms with Gasteiger partial charge >= 0.3 is 5.97 Å². The minimum Gasteiger partial charge on any atom is -0.478 e.